The summed E-state index contributed by atoms with van der Waals surface area (Å²) in [4.78, 5) is 2.51. The average molecular weight is 369 g/mol. The van der Waals surface area contributed by atoms with Crippen molar-refractivity contribution in [3.05, 3.63) is 22.2 Å². The lowest BCUT2D eigenvalue weighted by molar-refractivity contribution is 0.140. The van der Waals surface area contributed by atoms with Gasteiger partial charge in [-0.2, -0.15) is 0 Å². The summed E-state index contributed by atoms with van der Waals surface area (Å²) >= 11 is 3.64. The molecule has 0 spiro atoms. The molecule has 122 valence electrons. The Hall–Kier alpha value is -0.780. The van der Waals surface area contributed by atoms with Crippen molar-refractivity contribution in [3.63, 3.8) is 0 Å². The number of halogens is 1. The zero-order valence-electron chi connectivity index (χ0n) is 13.5. The van der Waals surface area contributed by atoms with Crippen LogP contribution in [-0.2, 0) is 6.42 Å². The van der Waals surface area contributed by atoms with Crippen LogP contribution in [-0.4, -0.2) is 50.8 Å². The molecule has 0 atom stereocenters. The third kappa shape index (κ3) is 3.94. The number of benzene rings is 1. The molecule has 1 aromatic carbocycles. The van der Waals surface area contributed by atoms with Crippen LogP contribution in [0.5, 0.6) is 11.5 Å². The highest BCUT2D eigenvalue weighted by molar-refractivity contribution is 9.10. The summed E-state index contributed by atoms with van der Waals surface area (Å²) in [5, 5.41) is 3.39. The van der Waals surface area contributed by atoms with Crippen LogP contribution in [0.3, 0.4) is 0 Å². The van der Waals surface area contributed by atoms with Crippen LogP contribution in [0, 0.1) is 5.41 Å². The van der Waals surface area contributed by atoms with Crippen LogP contribution in [0.1, 0.15) is 19.4 Å². The van der Waals surface area contributed by atoms with Gasteiger partial charge in [-0.05, 0) is 40.0 Å². The van der Waals surface area contributed by atoms with Crippen LogP contribution < -0.4 is 14.8 Å². The molecule has 4 nitrogen and oxygen atoms in total. The fraction of sp³-hybridized carbons (Fsp3) is 0.647. The second-order valence-corrected chi connectivity index (χ2v) is 7.84. The number of hydrogen-bond donors (Lipinski definition) is 1. The lowest BCUT2D eigenvalue weighted by atomic mass is 9.97. The summed E-state index contributed by atoms with van der Waals surface area (Å²) in [7, 11) is 0. The van der Waals surface area contributed by atoms with E-state index in [1.54, 1.807) is 0 Å². The van der Waals surface area contributed by atoms with E-state index in [1.165, 1.54) is 5.56 Å². The second kappa shape index (κ2) is 6.77. The third-order valence-electron chi connectivity index (χ3n) is 4.22. The van der Waals surface area contributed by atoms with Crippen LogP contribution >= 0.6 is 15.9 Å². The van der Waals surface area contributed by atoms with Crippen molar-refractivity contribution in [3.8, 4) is 11.5 Å². The van der Waals surface area contributed by atoms with Gasteiger partial charge in [0.05, 0.1) is 17.7 Å². The highest BCUT2D eigenvalue weighted by Crippen LogP contribution is 2.40. The highest BCUT2D eigenvalue weighted by atomic mass is 79.9. The van der Waals surface area contributed by atoms with Gasteiger partial charge in [-0.1, -0.05) is 13.8 Å². The molecule has 0 radical (unpaired) electrons. The van der Waals surface area contributed by atoms with Gasteiger partial charge in [0.1, 0.15) is 0 Å². The molecule has 0 unspecified atom stereocenters. The number of piperazine rings is 1. The quantitative estimate of drug-likeness (QED) is 0.889. The third-order valence-corrected chi connectivity index (χ3v) is 4.81. The largest absolute Gasteiger partial charge is 0.489 e. The fourth-order valence-electron chi connectivity index (χ4n) is 2.82. The van der Waals surface area contributed by atoms with Crippen molar-refractivity contribution in [1.29, 1.82) is 0 Å². The van der Waals surface area contributed by atoms with Crippen LogP contribution in [0.25, 0.3) is 0 Å². The number of ether oxygens (including phenoxy) is 2. The fourth-order valence-corrected chi connectivity index (χ4v) is 3.42. The molecule has 1 N–H and O–H groups in total. The van der Waals surface area contributed by atoms with Crippen molar-refractivity contribution in [2.75, 3.05) is 45.9 Å². The summed E-state index contributed by atoms with van der Waals surface area (Å²) in [6, 6.07) is 4.31. The first kappa shape index (κ1) is 16.1. The molecule has 1 saturated heterocycles. The lowest BCUT2D eigenvalue weighted by Gasteiger charge is -2.27. The first-order chi connectivity index (χ1) is 10.5. The summed E-state index contributed by atoms with van der Waals surface area (Å²) < 4.78 is 12.9. The molecule has 22 heavy (non-hydrogen) atoms. The van der Waals surface area contributed by atoms with Gasteiger partial charge in [-0.15, -0.1) is 0 Å². The first-order valence-corrected chi connectivity index (χ1v) is 8.84. The number of nitrogens with zero attached hydrogens (tertiary/aromatic N) is 1. The SMILES string of the molecule is CC1(C)COc2cc(CCN3CCNCC3)cc(Br)c2OC1. The molecular weight excluding hydrogens is 344 g/mol. The normalized spacial score (nSPS) is 21.4. The van der Waals surface area contributed by atoms with Crippen molar-refractivity contribution < 1.29 is 9.47 Å². The minimum absolute atomic E-state index is 0.0411. The van der Waals surface area contributed by atoms with Gasteiger partial charge in [0.15, 0.2) is 11.5 Å². The van der Waals surface area contributed by atoms with E-state index in [9.17, 15) is 0 Å². The molecular formula is C17H25BrN2O2. The van der Waals surface area contributed by atoms with E-state index in [0.29, 0.717) is 13.2 Å². The Labute approximate surface area is 141 Å². The van der Waals surface area contributed by atoms with Gasteiger partial charge in [0.2, 0.25) is 0 Å². The number of nitrogens with one attached hydrogen (secondary N) is 1. The smallest absolute Gasteiger partial charge is 0.175 e. The zero-order chi connectivity index (χ0) is 15.6. The second-order valence-electron chi connectivity index (χ2n) is 6.99. The Bertz CT molecular complexity index is 528. The summed E-state index contributed by atoms with van der Waals surface area (Å²) in [5.41, 5.74) is 1.34. The highest BCUT2D eigenvalue weighted by Gasteiger charge is 2.26. The minimum atomic E-state index is 0.0411. The van der Waals surface area contributed by atoms with Crippen molar-refractivity contribution in [2.24, 2.45) is 5.41 Å². The minimum Gasteiger partial charge on any atom is -0.489 e. The lowest BCUT2D eigenvalue weighted by Crippen LogP contribution is -2.44. The van der Waals surface area contributed by atoms with Gasteiger partial charge in [-0.3, -0.25) is 0 Å². The Balaban J connectivity index is 1.69. The van der Waals surface area contributed by atoms with E-state index >= 15 is 0 Å². The maximum absolute atomic E-state index is 6.00. The summed E-state index contributed by atoms with van der Waals surface area (Å²) in [6.45, 7) is 11.3. The van der Waals surface area contributed by atoms with Gasteiger partial charge < -0.3 is 19.7 Å². The average Bonchev–Trinajstić information content (AvgIpc) is 2.66. The Morgan fingerprint density at radius 2 is 1.91 bits per heavy atom. The predicted molar refractivity (Wildman–Crippen MR) is 91.9 cm³/mol. The summed E-state index contributed by atoms with van der Waals surface area (Å²) in [6.07, 6.45) is 1.04. The van der Waals surface area contributed by atoms with Gasteiger partial charge in [0, 0.05) is 38.1 Å². The van der Waals surface area contributed by atoms with E-state index in [-0.39, 0.29) is 5.41 Å². The molecule has 2 aliphatic heterocycles. The molecule has 0 amide bonds. The van der Waals surface area contributed by atoms with Gasteiger partial charge in [0.25, 0.3) is 0 Å². The van der Waals surface area contributed by atoms with Crippen molar-refractivity contribution >= 4 is 15.9 Å². The van der Waals surface area contributed by atoms with E-state index in [4.69, 9.17) is 9.47 Å². The maximum Gasteiger partial charge on any atom is 0.175 e. The molecule has 0 saturated carbocycles. The van der Waals surface area contributed by atoms with Crippen LogP contribution in [0.4, 0.5) is 0 Å². The van der Waals surface area contributed by atoms with E-state index in [1.807, 2.05) is 0 Å². The van der Waals surface area contributed by atoms with E-state index < -0.39 is 0 Å². The van der Waals surface area contributed by atoms with Gasteiger partial charge in [-0.25, -0.2) is 0 Å². The molecule has 1 aromatic rings. The molecule has 2 aliphatic rings. The zero-order valence-corrected chi connectivity index (χ0v) is 15.0. The monoisotopic (exact) mass is 368 g/mol. The number of hydrogen-bond acceptors (Lipinski definition) is 4. The standard InChI is InChI=1S/C17H25BrN2O2/c1-17(2)11-21-15-10-13(9-14(18)16(15)22-12-17)3-6-20-7-4-19-5-8-20/h9-10,19H,3-8,11-12H2,1-2H3. The Kier molecular flexibility index (Phi) is 4.95. The van der Waals surface area contributed by atoms with Crippen LogP contribution in [0.15, 0.2) is 16.6 Å². The molecule has 0 aliphatic carbocycles. The molecule has 0 bridgehead atoms. The molecule has 5 heteroatoms. The Morgan fingerprint density at radius 1 is 1.18 bits per heavy atom. The molecule has 3 rings (SSSR count). The van der Waals surface area contributed by atoms with Crippen molar-refractivity contribution in [2.45, 2.75) is 20.3 Å². The van der Waals surface area contributed by atoms with E-state index in [2.05, 4.69) is 52.1 Å². The molecule has 1 fully saturated rings. The number of fused-ring (bicyclic) bond motifs is 1. The van der Waals surface area contributed by atoms with Crippen LogP contribution in [0.2, 0.25) is 0 Å². The summed E-state index contributed by atoms with van der Waals surface area (Å²) in [5.74, 6) is 1.71. The van der Waals surface area contributed by atoms with Gasteiger partial charge >= 0.3 is 0 Å². The topological polar surface area (TPSA) is 33.7 Å². The van der Waals surface area contributed by atoms with E-state index in [0.717, 1.165) is 55.1 Å². The molecule has 2 heterocycles. The Morgan fingerprint density at radius 3 is 2.68 bits per heavy atom. The van der Waals surface area contributed by atoms with Crippen molar-refractivity contribution in [1.82, 2.24) is 10.2 Å². The molecule has 0 aromatic heterocycles. The number of rotatable bonds is 3. The predicted octanol–water partition coefficient (Wildman–Crippen LogP) is 2.69. The first-order valence-electron chi connectivity index (χ1n) is 8.05. The maximum atomic E-state index is 6.00.